The normalized spacial score (nSPS) is 12.1. The van der Waals surface area contributed by atoms with E-state index in [2.05, 4.69) is 15.3 Å². The first-order valence-electron chi connectivity index (χ1n) is 8.73. The fourth-order valence-corrected chi connectivity index (χ4v) is 4.18. The molecule has 0 aliphatic carbocycles. The molecule has 0 aliphatic heterocycles. The maximum absolute atomic E-state index is 14.7. The van der Waals surface area contributed by atoms with E-state index < -0.39 is 38.5 Å². The molecule has 164 valence electrons. The van der Waals surface area contributed by atoms with Crippen molar-refractivity contribution >= 4 is 37.9 Å². The van der Waals surface area contributed by atoms with Gasteiger partial charge in [-0.1, -0.05) is 11.3 Å². The average Bonchev–Trinajstić information content (AvgIpc) is 3.03. The second-order valence-corrected chi connectivity index (χ2v) is 10.2. The zero-order valence-corrected chi connectivity index (χ0v) is 18.2. The summed E-state index contributed by atoms with van der Waals surface area (Å²) in [5, 5.41) is 12.7. The highest BCUT2D eigenvalue weighted by molar-refractivity contribution is 7.90. The molecular weight excluding hydrogens is 450 g/mol. The van der Waals surface area contributed by atoms with Crippen LogP contribution in [0.5, 0.6) is 0 Å². The van der Waals surface area contributed by atoms with Gasteiger partial charge in [0.2, 0.25) is 0 Å². The van der Waals surface area contributed by atoms with E-state index in [4.69, 9.17) is 5.73 Å². The number of pyridine rings is 1. The molecule has 0 saturated heterocycles. The first-order chi connectivity index (χ1) is 14.3. The average molecular weight is 469 g/mol. The summed E-state index contributed by atoms with van der Waals surface area (Å²) in [5.74, 6) is -2.71. The molecule has 1 amide bonds. The number of amides is 1. The van der Waals surface area contributed by atoms with Gasteiger partial charge in [0.15, 0.2) is 15.5 Å². The third-order valence-corrected chi connectivity index (χ3v) is 6.32. The molecule has 8 nitrogen and oxygen atoms in total. The number of carbonyl (C=O) groups excluding carboxylic acids is 1. The van der Waals surface area contributed by atoms with E-state index in [1.165, 1.54) is 26.0 Å². The Morgan fingerprint density at radius 3 is 2.29 bits per heavy atom. The Hall–Kier alpha value is -2.96. The monoisotopic (exact) mass is 468 g/mol. The number of hydrogen-bond donors (Lipinski definition) is 3. The number of rotatable bonds is 6. The molecule has 0 fully saturated rings. The summed E-state index contributed by atoms with van der Waals surface area (Å²) in [7, 11) is -3.44. The van der Waals surface area contributed by atoms with Gasteiger partial charge in [-0.2, -0.15) is 0 Å². The van der Waals surface area contributed by atoms with Crippen LogP contribution in [0.2, 0.25) is 0 Å². The van der Waals surface area contributed by atoms with Crippen molar-refractivity contribution in [2.75, 3.05) is 11.6 Å². The number of nitrogens with one attached hydrogen (secondary N) is 1. The minimum atomic E-state index is -3.44. The molecule has 12 heteroatoms. The van der Waals surface area contributed by atoms with Crippen LogP contribution >= 0.6 is 11.3 Å². The van der Waals surface area contributed by atoms with Crippen LogP contribution in [0.4, 0.5) is 19.6 Å². The minimum Gasteiger partial charge on any atom is -0.386 e. The molecular formula is C19H18F2N4O4S2. The van der Waals surface area contributed by atoms with Crippen LogP contribution in [-0.2, 0) is 15.4 Å². The lowest BCUT2D eigenvalue weighted by Gasteiger charge is -2.18. The van der Waals surface area contributed by atoms with Crippen LogP contribution in [0, 0.1) is 11.6 Å². The van der Waals surface area contributed by atoms with Gasteiger partial charge in [-0.3, -0.25) is 4.79 Å². The van der Waals surface area contributed by atoms with Gasteiger partial charge in [0.1, 0.15) is 27.5 Å². The Balaban J connectivity index is 2.03. The standard InChI is InChI=1S/C19H18F2N4O4S2/c1-19(2,27)9-6-11(20)14(12(21)7-9)17-25-15(16(22)26)18(30-17)24-13-5-4-10(8-23-13)31(3,28)29/h4-8,27H,1-3H3,(H2,22,26)(H,23,24). The van der Waals surface area contributed by atoms with E-state index in [0.717, 1.165) is 35.9 Å². The van der Waals surface area contributed by atoms with Crippen molar-refractivity contribution in [2.24, 2.45) is 5.73 Å². The lowest BCUT2D eigenvalue weighted by molar-refractivity contribution is 0.0778. The highest BCUT2D eigenvalue weighted by Gasteiger charge is 2.25. The lowest BCUT2D eigenvalue weighted by Crippen LogP contribution is -2.16. The first kappa shape index (κ1) is 22.7. The topological polar surface area (TPSA) is 135 Å². The van der Waals surface area contributed by atoms with Crippen molar-refractivity contribution in [1.29, 1.82) is 0 Å². The molecule has 0 saturated carbocycles. The SMILES string of the molecule is CC(C)(O)c1cc(F)c(-c2nc(C(N)=O)c(Nc3ccc(S(C)(=O)=O)cn3)s2)c(F)c1. The van der Waals surface area contributed by atoms with E-state index in [1.807, 2.05) is 0 Å². The lowest BCUT2D eigenvalue weighted by atomic mass is 9.96. The van der Waals surface area contributed by atoms with Crippen LogP contribution in [-0.4, -0.2) is 35.7 Å². The number of nitrogens with zero attached hydrogens (tertiary/aromatic N) is 2. The predicted molar refractivity (Wildman–Crippen MR) is 112 cm³/mol. The Labute approximate surface area is 180 Å². The molecule has 0 bridgehead atoms. The molecule has 0 atom stereocenters. The number of primary amides is 1. The summed E-state index contributed by atoms with van der Waals surface area (Å²) in [6.45, 7) is 2.78. The maximum atomic E-state index is 14.7. The summed E-state index contributed by atoms with van der Waals surface area (Å²) in [6, 6.07) is 4.65. The van der Waals surface area contributed by atoms with Gasteiger partial charge in [-0.05, 0) is 43.7 Å². The molecule has 0 spiro atoms. The molecule has 2 aromatic heterocycles. The summed E-state index contributed by atoms with van der Waals surface area (Å²) in [5.41, 5.74) is 3.17. The molecule has 0 unspecified atom stereocenters. The largest absolute Gasteiger partial charge is 0.386 e. The number of thiazole rings is 1. The van der Waals surface area contributed by atoms with E-state index in [-0.39, 0.29) is 32.0 Å². The fourth-order valence-electron chi connectivity index (χ4n) is 2.60. The molecule has 3 rings (SSSR count). The summed E-state index contributed by atoms with van der Waals surface area (Å²) >= 11 is 0.763. The van der Waals surface area contributed by atoms with Crippen molar-refractivity contribution in [2.45, 2.75) is 24.3 Å². The molecule has 1 aromatic carbocycles. The van der Waals surface area contributed by atoms with Gasteiger partial charge in [0.25, 0.3) is 5.91 Å². The molecule has 4 N–H and O–H groups in total. The van der Waals surface area contributed by atoms with Crippen molar-refractivity contribution < 1.29 is 27.1 Å². The van der Waals surface area contributed by atoms with Gasteiger partial charge in [0.05, 0.1) is 16.1 Å². The number of sulfone groups is 1. The number of hydrogen-bond acceptors (Lipinski definition) is 8. The van der Waals surface area contributed by atoms with Crippen molar-refractivity contribution in [1.82, 2.24) is 9.97 Å². The van der Waals surface area contributed by atoms with Crippen LogP contribution in [0.3, 0.4) is 0 Å². The zero-order valence-electron chi connectivity index (χ0n) is 16.6. The molecule has 0 radical (unpaired) electrons. The van der Waals surface area contributed by atoms with Gasteiger partial charge < -0.3 is 16.2 Å². The third-order valence-electron chi connectivity index (χ3n) is 4.23. The van der Waals surface area contributed by atoms with E-state index in [9.17, 15) is 27.1 Å². The van der Waals surface area contributed by atoms with Crippen LogP contribution < -0.4 is 11.1 Å². The number of anilines is 2. The zero-order chi connectivity index (χ0) is 23.1. The smallest absolute Gasteiger partial charge is 0.270 e. The minimum absolute atomic E-state index is 0.00536. The Bertz CT molecular complexity index is 1240. The quantitative estimate of drug-likeness (QED) is 0.506. The summed E-state index contributed by atoms with van der Waals surface area (Å²) < 4.78 is 52.4. The molecule has 2 heterocycles. The summed E-state index contributed by atoms with van der Waals surface area (Å²) in [4.78, 5) is 19.7. The van der Waals surface area contributed by atoms with E-state index in [1.54, 1.807) is 0 Å². The van der Waals surface area contributed by atoms with Crippen molar-refractivity contribution in [3.8, 4) is 10.6 Å². The number of carbonyl (C=O) groups is 1. The second kappa shape index (κ2) is 7.94. The van der Waals surface area contributed by atoms with E-state index >= 15 is 0 Å². The molecule has 0 aliphatic rings. The Morgan fingerprint density at radius 1 is 1.23 bits per heavy atom. The first-order valence-corrected chi connectivity index (χ1v) is 11.4. The Morgan fingerprint density at radius 2 is 1.84 bits per heavy atom. The number of nitrogens with two attached hydrogens (primary N) is 1. The number of aliphatic hydroxyl groups is 1. The number of aromatic nitrogens is 2. The van der Waals surface area contributed by atoms with Crippen LogP contribution in [0.15, 0.2) is 35.4 Å². The fraction of sp³-hybridized carbons (Fsp3) is 0.211. The van der Waals surface area contributed by atoms with Crippen molar-refractivity contribution in [3.63, 3.8) is 0 Å². The summed E-state index contributed by atoms with van der Waals surface area (Å²) in [6.07, 6.45) is 2.16. The highest BCUT2D eigenvalue weighted by atomic mass is 32.2. The second-order valence-electron chi connectivity index (χ2n) is 7.21. The molecule has 31 heavy (non-hydrogen) atoms. The van der Waals surface area contributed by atoms with Crippen molar-refractivity contribution in [3.05, 3.63) is 53.4 Å². The number of halogens is 2. The Kier molecular flexibility index (Phi) is 5.82. The highest BCUT2D eigenvalue weighted by Crippen LogP contribution is 2.37. The van der Waals surface area contributed by atoms with Gasteiger partial charge >= 0.3 is 0 Å². The van der Waals surface area contributed by atoms with Crippen LogP contribution in [0.25, 0.3) is 10.6 Å². The third kappa shape index (κ3) is 4.86. The van der Waals surface area contributed by atoms with Gasteiger partial charge in [-0.15, -0.1) is 0 Å². The van der Waals surface area contributed by atoms with Crippen LogP contribution in [0.1, 0.15) is 29.9 Å². The molecule has 3 aromatic rings. The van der Waals surface area contributed by atoms with Gasteiger partial charge in [-0.25, -0.2) is 27.2 Å². The number of benzene rings is 1. The predicted octanol–water partition coefficient (Wildman–Crippen LogP) is 2.96. The van der Waals surface area contributed by atoms with E-state index in [0.29, 0.717) is 0 Å². The van der Waals surface area contributed by atoms with Gasteiger partial charge in [0, 0.05) is 12.5 Å². The maximum Gasteiger partial charge on any atom is 0.270 e.